The monoisotopic (exact) mass is 259 g/mol. The van der Waals surface area contributed by atoms with Gasteiger partial charge in [0.2, 0.25) is 0 Å². The minimum Gasteiger partial charge on any atom is -0.296 e. The summed E-state index contributed by atoms with van der Waals surface area (Å²) in [5.74, 6) is 1.04. The molecule has 2 nitrogen and oxygen atoms in total. The summed E-state index contributed by atoms with van der Waals surface area (Å²) in [6.45, 7) is 9.15. The lowest BCUT2D eigenvalue weighted by atomic mass is 9.95. The number of carbonyl (C=O) groups is 1. The standard InChI is InChI=1S/C17H25NO/c1-4-15-6-5-9-18(11-15)12-17(19)16-8-7-13(2)14(3)10-16/h7-8,10,15H,4-6,9,11-12H2,1-3H3. The van der Waals surface area contributed by atoms with Gasteiger partial charge in [-0.05, 0) is 56.3 Å². The molecular weight excluding hydrogens is 234 g/mol. The first-order valence-corrected chi connectivity index (χ1v) is 7.43. The molecule has 1 heterocycles. The van der Waals surface area contributed by atoms with Crippen LogP contribution < -0.4 is 0 Å². The quantitative estimate of drug-likeness (QED) is 0.770. The van der Waals surface area contributed by atoms with E-state index in [1.54, 1.807) is 0 Å². The summed E-state index contributed by atoms with van der Waals surface area (Å²) in [6.07, 6.45) is 3.79. The fourth-order valence-electron chi connectivity index (χ4n) is 2.84. The predicted octanol–water partition coefficient (Wildman–Crippen LogP) is 3.61. The maximum atomic E-state index is 12.3. The Morgan fingerprint density at radius 2 is 2.11 bits per heavy atom. The van der Waals surface area contributed by atoms with Crippen molar-refractivity contribution in [2.24, 2.45) is 5.92 Å². The Balaban J connectivity index is 1.98. The molecule has 0 bridgehead atoms. The molecule has 0 aliphatic carbocycles. The van der Waals surface area contributed by atoms with Gasteiger partial charge in [-0.1, -0.05) is 25.5 Å². The number of carbonyl (C=O) groups excluding carboxylic acids is 1. The van der Waals surface area contributed by atoms with Crippen molar-refractivity contribution in [2.45, 2.75) is 40.0 Å². The van der Waals surface area contributed by atoms with Gasteiger partial charge in [-0.3, -0.25) is 9.69 Å². The van der Waals surface area contributed by atoms with Crippen LogP contribution in [0.2, 0.25) is 0 Å². The van der Waals surface area contributed by atoms with Crippen LogP contribution >= 0.6 is 0 Å². The zero-order valence-corrected chi connectivity index (χ0v) is 12.4. The van der Waals surface area contributed by atoms with Gasteiger partial charge in [0.15, 0.2) is 5.78 Å². The summed E-state index contributed by atoms with van der Waals surface area (Å²) in [5.41, 5.74) is 3.32. The van der Waals surface area contributed by atoms with E-state index in [1.165, 1.54) is 30.4 Å². The summed E-state index contributed by atoms with van der Waals surface area (Å²) in [7, 11) is 0. The summed E-state index contributed by atoms with van der Waals surface area (Å²) in [4.78, 5) is 14.7. The number of Topliss-reactive ketones (excluding diaryl/α,β-unsaturated/α-hetero) is 1. The van der Waals surface area contributed by atoms with Crippen LogP contribution in [-0.4, -0.2) is 30.3 Å². The number of hydrogen-bond donors (Lipinski definition) is 0. The number of hydrogen-bond acceptors (Lipinski definition) is 2. The minimum atomic E-state index is 0.264. The highest BCUT2D eigenvalue weighted by Gasteiger charge is 2.20. The highest BCUT2D eigenvalue weighted by atomic mass is 16.1. The Morgan fingerprint density at radius 1 is 1.32 bits per heavy atom. The van der Waals surface area contributed by atoms with Crippen LogP contribution in [0.25, 0.3) is 0 Å². The molecule has 0 radical (unpaired) electrons. The van der Waals surface area contributed by atoms with Gasteiger partial charge in [0, 0.05) is 12.1 Å². The van der Waals surface area contributed by atoms with E-state index in [0.717, 1.165) is 24.6 Å². The first kappa shape index (κ1) is 14.3. The van der Waals surface area contributed by atoms with E-state index in [9.17, 15) is 4.79 Å². The van der Waals surface area contributed by atoms with Gasteiger partial charge >= 0.3 is 0 Å². The van der Waals surface area contributed by atoms with Crippen LogP contribution in [0, 0.1) is 19.8 Å². The summed E-state index contributed by atoms with van der Waals surface area (Å²) in [5, 5.41) is 0. The Bertz CT molecular complexity index is 453. The molecule has 0 amide bonds. The van der Waals surface area contributed by atoms with E-state index < -0.39 is 0 Å². The smallest absolute Gasteiger partial charge is 0.176 e. The molecule has 1 aromatic carbocycles. The molecule has 2 heteroatoms. The van der Waals surface area contributed by atoms with Crippen molar-refractivity contribution in [1.29, 1.82) is 0 Å². The normalized spacial score (nSPS) is 20.5. The molecule has 1 unspecified atom stereocenters. The lowest BCUT2D eigenvalue weighted by Gasteiger charge is -2.31. The summed E-state index contributed by atoms with van der Waals surface area (Å²) >= 11 is 0. The molecule has 1 saturated heterocycles. The average molecular weight is 259 g/mol. The van der Waals surface area contributed by atoms with E-state index in [-0.39, 0.29) is 5.78 Å². The topological polar surface area (TPSA) is 20.3 Å². The minimum absolute atomic E-state index is 0.264. The van der Waals surface area contributed by atoms with Crippen molar-refractivity contribution in [2.75, 3.05) is 19.6 Å². The van der Waals surface area contributed by atoms with Gasteiger partial charge in [0.1, 0.15) is 0 Å². The molecular formula is C17H25NO. The Hall–Kier alpha value is -1.15. The second-order valence-corrected chi connectivity index (χ2v) is 5.87. The number of rotatable bonds is 4. The number of nitrogens with zero attached hydrogens (tertiary/aromatic N) is 1. The van der Waals surface area contributed by atoms with Crippen molar-refractivity contribution in [1.82, 2.24) is 4.90 Å². The van der Waals surface area contributed by atoms with E-state index in [0.29, 0.717) is 6.54 Å². The molecule has 1 atom stereocenters. The van der Waals surface area contributed by atoms with Crippen molar-refractivity contribution < 1.29 is 4.79 Å². The van der Waals surface area contributed by atoms with Gasteiger partial charge in [0.25, 0.3) is 0 Å². The molecule has 1 aliphatic heterocycles. The second kappa shape index (κ2) is 6.33. The SMILES string of the molecule is CCC1CCCN(CC(=O)c2ccc(C)c(C)c2)C1. The zero-order chi connectivity index (χ0) is 13.8. The molecule has 1 aromatic rings. The van der Waals surface area contributed by atoms with Crippen LogP contribution in [-0.2, 0) is 0 Å². The Kier molecular flexibility index (Phi) is 4.76. The third-order valence-electron chi connectivity index (χ3n) is 4.38. The number of likely N-dealkylation sites (tertiary alicyclic amines) is 1. The van der Waals surface area contributed by atoms with Crippen molar-refractivity contribution in [3.8, 4) is 0 Å². The maximum Gasteiger partial charge on any atom is 0.176 e. The fraction of sp³-hybridized carbons (Fsp3) is 0.588. The van der Waals surface area contributed by atoms with Crippen LogP contribution in [0.1, 0.15) is 47.7 Å². The van der Waals surface area contributed by atoms with Gasteiger partial charge < -0.3 is 0 Å². The molecule has 2 rings (SSSR count). The highest BCUT2D eigenvalue weighted by molar-refractivity contribution is 5.97. The van der Waals surface area contributed by atoms with Crippen LogP contribution in [0.15, 0.2) is 18.2 Å². The largest absolute Gasteiger partial charge is 0.296 e. The summed E-state index contributed by atoms with van der Waals surface area (Å²) < 4.78 is 0. The summed E-state index contributed by atoms with van der Waals surface area (Å²) in [6, 6.07) is 6.04. The predicted molar refractivity (Wildman–Crippen MR) is 79.7 cm³/mol. The van der Waals surface area contributed by atoms with Crippen LogP contribution in [0.4, 0.5) is 0 Å². The van der Waals surface area contributed by atoms with Crippen LogP contribution in [0.3, 0.4) is 0 Å². The molecule has 0 N–H and O–H groups in total. The van der Waals surface area contributed by atoms with Gasteiger partial charge in [0.05, 0.1) is 6.54 Å². The molecule has 1 fully saturated rings. The number of benzene rings is 1. The first-order valence-electron chi connectivity index (χ1n) is 7.43. The molecule has 0 saturated carbocycles. The number of aryl methyl sites for hydroxylation is 2. The Morgan fingerprint density at radius 3 is 2.79 bits per heavy atom. The van der Waals surface area contributed by atoms with Crippen molar-refractivity contribution in [3.63, 3.8) is 0 Å². The molecule has 0 aromatic heterocycles. The number of ketones is 1. The highest BCUT2D eigenvalue weighted by Crippen LogP contribution is 2.19. The Labute approximate surface area is 116 Å². The molecule has 0 spiro atoms. The van der Waals surface area contributed by atoms with Gasteiger partial charge in [-0.25, -0.2) is 0 Å². The molecule has 104 valence electrons. The van der Waals surface area contributed by atoms with Gasteiger partial charge in [-0.15, -0.1) is 0 Å². The van der Waals surface area contributed by atoms with Crippen molar-refractivity contribution >= 4 is 5.78 Å². The lowest BCUT2D eigenvalue weighted by molar-refractivity contribution is 0.0884. The van der Waals surface area contributed by atoms with Gasteiger partial charge in [-0.2, -0.15) is 0 Å². The first-order chi connectivity index (χ1) is 9.10. The van der Waals surface area contributed by atoms with Crippen LogP contribution in [0.5, 0.6) is 0 Å². The zero-order valence-electron chi connectivity index (χ0n) is 12.4. The molecule has 1 aliphatic rings. The van der Waals surface area contributed by atoms with E-state index >= 15 is 0 Å². The third kappa shape index (κ3) is 3.66. The second-order valence-electron chi connectivity index (χ2n) is 5.87. The van der Waals surface area contributed by atoms with Crippen molar-refractivity contribution in [3.05, 3.63) is 34.9 Å². The lowest BCUT2D eigenvalue weighted by Crippen LogP contribution is -2.38. The maximum absolute atomic E-state index is 12.3. The third-order valence-corrected chi connectivity index (χ3v) is 4.38. The fourth-order valence-corrected chi connectivity index (χ4v) is 2.84. The average Bonchev–Trinajstić information content (AvgIpc) is 2.42. The van der Waals surface area contributed by atoms with E-state index in [2.05, 4.69) is 25.7 Å². The molecule has 19 heavy (non-hydrogen) atoms. The number of piperidine rings is 1. The van der Waals surface area contributed by atoms with E-state index in [4.69, 9.17) is 0 Å². The van der Waals surface area contributed by atoms with E-state index in [1.807, 2.05) is 18.2 Å².